The van der Waals surface area contributed by atoms with Gasteiger partial charge in [0.1, 0.15) is 11.9 Å². The van der Waals surface area contributed by atoms with E-state index in [0.717, 1.165) is 40.6 Å². The van der Waals surface area contributed by atoms with Gasteiger partial charge in [-0.05, 0) is 61.1 Å². The molecule has 5 nitrogen and oxygen atoms in total. The molecule has 1 unspecified atom stereocenters. The summed E-state index contributed by atoms with van der Waals surface area (Å²) in [5.74, 6) is 2.44. The quantitative estimate of drug-likeness (QED) is 0.578. The van der Waals surface area contributed by atoms with Crippen molar-refractivity contribution in [2.75, 3.05) is 27.3 Å². The fraction of sp³-hybridized carbons (Fsp3) is 0.571. The van der Waals surface area contributed by atoms with Crippen molar-refractivity contribution >= 4 is 10.9 Å². The van der Waals surface area contributed by atoms with Gasteiger partial charge in [0.2, 0.25) is 0 Å². The highest BCUT2D eigenvalue weighted by molar-refractivity contribution is 5.84. The number of hydrogen-bond acceptors (Lipinski definition) is 5. The standard InChI is InChI=1S/C21H28N2O3/c1-4-14-13-23-10-8-15(14)11-20(23)21(26-25-3)17-7-9-22-19-6-5-16(24-2)12-18(17)19/h5-7,9,12,14-15,20-21H,4,8,10-11,13H2,1-3H3/t14-,15-,20-,21+/m0/s1. The number of ether oxygens (including phenoxy) is 1. The van der Waals surface area contributed by atoms with E-state index in [1.165, 1.54) is 25.8 Å². The van der Waals surface area contributed by atoms with Crippen molar-refractivity contribution in [2.24, 2.45) is 11.8 Å². The van der Waals surface area contributed by atoms with Gasteiger partial charge in [0.05, 0.1) is 19.7 Å². The van der Waals surface area contributed by atoms with Gasteiger partial charge >= 0.3 is 0 Å². The average Bonchev–Trinajstić information content (AvgIpc) is 2.71. The SMILES string of the molecule is CC[C@H]1CN2CC[C@H]1C[C@H]2[C@H](OOC)c1ccnc2ccc(OC)cc12. The first-order chi connectivity index (χ1) is 12.7. The van der Waals surface area contributed by atoms with Crippen molar-refractivity contribution in [1.82, 2.24) is 9.88 Å². The van der Waals surface area contributed by atoms with Crippen LogP contribution < -0.4 is 4.74 Å². The third-order valence-electron chi connectivity index (χ3n) is 6.30. The Kier molecular flexibility index (Phi) is 5.11. The third-order valence-corrected chi connectivity index (χ3v) is 6.30. The Morgan fingerprint density at radius 2 is 2.15 bits per heavy atom. The number of fused-ring (bicyclic) bond motifs is 4. The van der Waals surface area contributed by atoms with Crippen LogP contribution in [0.2, 0.25) is 0 Å². The monoisotopic (exact) mass is 356 g/mol. The molecule has 2 bridgehead atoms. The number of nitrogens with zero attached hydrogens (tertiary/aromatic N) is 2. The van der Waals surface area contributed by atoms with E-state index in [-0.39, 0.29) is 6.10 Å². The summed E-state index contributed by atoms with van der Waals surface area (Å²) in [6.45, 7) is 4.64. The lowest BCUT2D eigenvalue weighted by Crippen LogP contribution is -2.55. The molecule has 3 aliphatic rings. The van der Waals surface area contributed by atoms with E-state index < -0.39 is 0 Å². The summed E-state index contributed by atoms with van der Waals surface area (Å²) in [6, 6.07) is 8.40. The molecule has 5 heteroatoms. The van der Waals surface area contributed by atoms with Crippen LogP contribution in [0.15, 0.2) is 30.5 Å². The van der Waals surface area contributed by atoms with Crippen LogP contribution in [0, 0.1) is 11.8 Å². The van der Waals surface area contributed by atoms with Crippen molar-refractivity contribution in [3.05, 3.63) is 36.0 Å². The minimum Gasteiger partial charge on any atom is -0.497 e. The number of pyridine rings is 1. The Balaban J connectivity index is 1.72. The van der Waals surface area contributed by atoms with Crippen LogP contribution >= 0.6 is 0 Å². The van der Waals surface area contributed by atoms with Crippen molar-refractivity contribution in [3.8, 4) is 5.75 Å². The maximum absolute atomic E-state index is 5.86. The number of rotatable bonds is 6. The molecule has 4 heterocycles. The largest absolute Gasteiger partial charge is 0.497 e. The summed E-state index contributed by atoms with van der Waals surface area (Å²) in [4.78, 5) is 18.2. The lowest BCUT2D eigenvalue weighted by molar-refractivity contribution is -0.323. The van der Waals surface area contributed by atoms with Gasteiger partial charge in [0, 0.05) is 24.2 Å². The van der Waals surface area contributed by atoms with Crippen molar-refractivity contribution in [1.29, 1.82) is 0 Å². The number of aromatic nitrogens is 1. The topological polar surface area (TPSA) is 43.8 Å². The Bertz CT molecular complexity index is 766. The molecule has 3 fully saturated rings. The molecular weight excluding hydrogens is 328 g/mol. The maximum atomic E-state index is 5.86. The molecule has 2 aromatic rings. The van der Waals surface area contributed by atoms with Gasteiger partial charge in [-0.1, -0.05) is 13.3 Å². The number of benzene rings is 1. The van der Waals surface area contributed by atoms with Crippen molar-refractivity contribution in [3.63, 3.8) is 0 Å². The van der Waals surface area contributed by atoms with Crippen LogP contribution in [0.4, 0.5) is 0 Å². The third kappa shape index (κ3) is 3.08. The van der Waals surface area contributed by atoms with Crippen LogP contribution in [-0.2, 0) is 9.78 Å². The van der Waals surface area contributed by atoms with Crippen molar-refractivity contribution < 1.29 is 14.5 Å². The minimum absolute atomic E-state index is 0.127. The highest BCUT2D eigenvalue weighted by atomic mass is 17.2. The molecule has 0 radical (unpaired) electrons. The molecule has 1 aromatic heterocycles. The van der Waals surface area contributed by atoms with E-state index in [2.05, 4.69) is 28.9 Å². The summed E-state index contributed by atoms with van der Waals surface area (Å²) in [7, 11) is 3.29. The molecule has 0 saturated carbocycles. The molecule has 0 amide bonds. The molecule has 5 rings (SSSR count). The molecule has 0 aliphatic carbocycles. The molecule has 0 spiro atoms. The second kappa shape index (κ2) is 7.51. The fourth-order valence-corrected chi connectivity index (χ4v) is 4.91. The van der Waals surface area contributed by atoms with E-state index in [9.17, 15) is 0 Å². The first-order valence-corrected chi connectivity index (χ1v) is 9.61. The Labute approximate surface area is 155 Å². The Morgan fingerprint density at radius 3 is 2.85 bits per heavy atom. The molecule has 3 aliphatic heterocycles. The lowest BCUT2D eigenvalue weighted by atomic mass is 9.72. The van der Waals surface area contributed by atoms with Gasteiger partial charge in [-0.2, -0.15) is 0 Å². The van der Waals surface area contributed by atoms with Crippen LogP contribution in [0.25, 0.3) is 10.9 Å². The molecule has 5 atom stereocenters. The van der Waals surface area contributed by atoms with E-state index in [1.807, 2.05) is 18.3 Å². The number of hydrogen-bond donors (Lipinski definition) is 0. The Hall–Kier alpha value is -1.69. The highest BCUT2D eigenvalue weighted by Crippen LogP contribution is 2.44. The zero-order valence-corrected chi connectivity index (χ0v) is 15.9. The van der Waals surface area contributed by atoms with E-state index in [0.29, 0.717) is 6.04 Å². The Morgan fingerprint density at radius 1 is 1.27 bits per heavy atom. The van der Waals surface area contributed by atoms with Crippen LogP contribution in [0.3, 0.4) is 0 Å². The molecule has 140 valence electrons. The average molecular weight is 356 g/mol. The second-order valence-corrected chi connectivity index (χ2v) is 7.48. The minimum atomic E-state index is -0.127. The first kappa shape index (κ1) is 17.7. The normalized spacial score (nSPS) is 29.0. The van der Waals surface area contributed by atoms with Gasteiger partial charge in [-0.25, -0.2) is 9.78 Å². The van der Waals surface area contributed by atoms with Gasteiger partial charge in [0.15, 0.2) is 0 Å². The molecule has 1 aromatic carbocycles. The van der Waals surface area contributed by atoms with Gasteiger partial charge < -0.3 is 4.74 Å². The van der Waals surface area contributed by atoms with Crippen LogP contribution in [-0.4, -0.2) is 43.2 Å². The number of piperidine rings is 3. The van der Waals surface area contributed by atoms with Crippen molar-refractivity contribution in [2.45, 2.75) is 38.3 Å². The van der Waals surface area contributed by atoms with Gasteiger partial charge in [-0.3, -0.25) is 9.88 Å². The van der Waals surface area contributed by atoms with Gasteiger partial charge in [-0.15, -0.1) is 0 Å². The van der Waals surface area contributed by atoms with E-state index in [1.54, 1.807) is 14.2 Å². The predicted molar refractivity (Wildman–Crippen MR) is 101 cm³/mol. The fourth-order valence-electron chi connectivity index (χ4n) is 4.91. The number of methoxy groups -OCH3 is 1. The summed E-state index contributed by atoms with van der Waals surface area (Å²) in [5.41, 5.74) is 2.08. The van der Waals surface area contributed by atoms with Crippen LogP contribution in [0.5, 0.6) is 5.75 Å². The molecule has 3 saturated heterocycles. The zero-order valence-electron chi connectivity index (χ0n) is 15.9. The smallest absolute Gasteiger partial charge is 0.134 e. The maximum Gasteiger partial charge on any atom is 0.134 e. The summed E-state index contributed by atoms with van der Waals surface area (Å²) < 4.78 is 5.43. The molecule has 26 heavy (non-hydrogen) atoms. The second-order valence-electron chi connectivity index (χ2n) is 7.48. The first-order valence-electron chi connectivity index (χ1n) is 9.61. The summed E-state index contributed by atoms with van der Waals surface area (Å²) in [5, 5.41) is 1.07. The van der Waals surface area contributed by atoms with Crippen LogP contribution in [0.1, 0.15) is 37.9 Å². The molecular formula is C21H28N2O3. The van der Waals surface area contributed by atoms with Gasteiger partial charge in [0.25, 0.3) is 0 Å². The lowest BCUT2D eigenvalue weighted by Gasteiger charge is -2.51. The van der Waals surface area contributed by atoms with E-state index in [4.69, 9.17) is 14.5 Å². The van der Waals surface area contributed by atoms with E-state index >= 15 is 0 Å². The highest BCUT2D eigenvalue weighted by Gasteiger charge is 2.44. The zero-order chi connectivity index (χ0) is 18.1. The molecule has 0 N–H and O–H groups in total. The predicted octanol–water partition coefficient (Wildman–Crippen LogP) is 3.98. The summed E-state index contributed by atoms with van der Waals surface area (Å²) >= 11 is 0. The summed E-state index contributed by atoms with van der Waals surface area (Å²) in [6.07, 6.45) is 5.47.